The number of nitrogens with zero attached hydrogens (tertiary/aromatic N) is 2. The van der Waals surface area contributed by atoms with Gasteiger partial charge in [-0.15, -0.1) is 0 Å². The smallest absolute Gasteiger partial charge is 0.217 e. The first-order chi connectivity index (χ1) is 21.3. The van der Waals surface area contributed by atoms with Crippen LogP contribution in [0.3, 0.4) is 0 Å². The van der Waals surface area contributed by atoms with Crippen LogP contribution in [-0.2, 0) is 28.6 Å². The number of aliphatic hydroxyl groups excluding tert-OH is 1. The van der Waals surface area contributed by atoms with Gasteiger partial charge in [-0.05, 0) is 72.8 Å². The Balaban J connectivity index is 1.51. The number of benzene rings is 2. The number of hydrogen-bond acceptors (Lipinski definition) is 6. The summed E-state index contributed by atoms with van der Waals surface area (Å²) in [6, 6.07) is 16.8. The van der Waals surface area contributed by atoms with E-state index >= 15 is 0 Å². The lowest BCUT2D eigenvalue weighted by Crippen LogP contribution is -2.49. The Morgan fingerprint density at radius 3 is 2.44 bits per heavy atom. The van der Waals surface area contributed by atoms with Crippen molar-refractivity contribution in [2.45, 2.75) is 129 Å². The van der Waals surface area contributed by atoms with Gasteiger partial charge in [-0.2, -0.15) is 0 Å². The Morgan fingerprint density at radius 2 is 1.80 bits per heavy atom. The molecule has 0 aliphatic heterocycles. The van der Waals surface area contributed by atoms with E-state index in [2.05, 4.69) is 105 Å². The van der Waals surface area contributed by atoms with Gasteiger partial charge in [-0.3, -0.25) is 4.79 Å². The molecule has 2 aromatic carbocycles. The minimum absolute atomic E-state index is 0.0767. The summed E-state index contributed by atoms with van der Waals surface area (Å²) in [6.07, 6.45) is 6.23. The number of nitrogens with one attached hydrogen (secondary N) is 3. The highest BCUT2D eigenvalue weighted by Crippen LogP contribution is 2.46. The Morgan fingerprint density at radius 1 is 1.04 bits per heavy atom. The normalized spacial score (nSPS) is 15.5. The Labute approximate surface area is 271 Å². The van der Waals surface area contributed by atoms with Gasteiger partial charge in [0.25, 0.3) is 0 Å². The maximum Gasteiger partial charge on any atom is 0.217 e. The highest BCUT2D eigenvalue weighted by atomic mass is 16.3. The van der Waals surface area contributed by atoms with E-state index in [9.17, 15) is 9.90 Å². The number of rotatable bonds is 15. The monoisotopic (exact) mass is 613 g/mol. The lowest BCUT2D eigenvalue weighted by Gasteiger charge is -2.28. The molecule has 45 heavy (non-hydrogen) atoms. The number of aromatic nitrogens is 2. The second-order valence-electron chi connectivity index (χ2n) is 14.4. The molecular formula is C38H55N5O2. The number of carbonyl (C=O) groups is 1. The Hall–Kier alpha value is -3.29. The van der Waals surface area contributed by atoms with Crippen molar-refractivity contribution in [1.82, 2.24) is 20.6 Å². The number of aliphatic hydroxyl groups is 1. The first-order valence-corrected chi connectivity index (χ1v) is 16.9. The number of anilines is 2. The van der Waals surface area contributed by atoms with Crippen LogP contribution in [0.5, 0.6) is 0 Å². The summed E-state index contributed by atoms with van der Waals surface area (Å²) in [7, 11) is 0. The van der Waals surface area contributed by atoms with E-state index in [1.165, 1.54) is 23.6 Å². The van der Waals surface area contributed by atoms with Gasteiger partial charge in [0.2, 0.25) is 5.91 Å². The van der Waals surface area contributed by atoms with Crippen molar-refractivity contribution in [1.29, 1.82) is 0 Å². The molecule has 0 saturated heterocycles. The van der Waals surface area contributed by atoms with E-state index in [0.717, 1.165) is 67.1 Å². The van der Waals surface area contributed by atoms with Crippen LogP contribution in [0, 0.1) is 6.92 Å². The molecule has 4 rings (SSSR count). The van der Waals surface area contributed by atoms with Crippen molar-refractivity contribution in [3.05, 3.63) is 82.3 Å². The molecule has 3 aromatic rings. The third-order valence-electron chi connectivity index (χ3n) is 8.86. The molecule has 0 bridgehead atoms. The summed E-state index contributed by atoms with van der Waals surface area (Å²) < 4.78 is 0. The van der Waals surface area contributed by atoms with Gasteiger partial charge in [-0.25, -0.2) is 9.97 Å². The summed E-state index contributed by atoms with van der Waals surface area (Å²) in [5, 5.41) is 21.7. The molecule has 4 N–H and O–H groups in total. The van der Waals surface area contributed by atoms with Crippen molar-refractivity contribution < 1.29 is 9.90 Å². The number of unbranched alkanes of at least 4 members (excludes halogenated alkanes) is 2. The zero-order valence-electron chi connectivity index (χ0n) is 28.8. The summed E-state index contributed by atoms with van der Waals surface area (Å²) in [4.78, 5) is 21.6. The topological polar surface area (TPSA) is 99.2 Å². The Bertz CT molecular complexity index is 1440. The predicted molar refractivity (Wildman–Crippen MR) is 185 cm³/mol. The fraction of sp³-hybridized carbons (Fsp3) is 0.553. The highest BCUT2D eigenvalue weighted by molar-refractivity contribution is 5.73. The quantitative estimate of drug-likeness (QED) is 0.134. The number of aryl methyl sites for hydroxylation is 2. The molecule has 1 aromatic heterocycles. The molecule has 1 heterocycles. The molecule has 1 saturated carbocycles. The van der Waals surface area contributed by atoms with E-state index < -0.39 is 12.1 Å². The molecule has 7 heteroatoms. The fourth-order valence-electron chi connectivity index (χ4n) is 5.94. The first-order valence-electron chi connectivity index (χ1n) is 16.9. The van der Waals surface area contributed by atoms with Crippen molar-refractivity contribution in [3.8, 4) is 0 Å². The standard InChI is InChI=1S/C38H55N5O2/c1-9-10-11-13-29-21-28(16-17-32(29)42-35-20-26(4)40-36(43-35)25(2)3)22-33(41-27(5)44)34(45)24-39-38(18-19-38)31-15-12-14-30(23-31)37(6,7)8/h12,14-17,20-21,23,25,33-34,39,45H,9-11,13,18-19,22,24H2,1-8H3,(H,41,44)(H,40,42,43)/t33-,34+/m0/s1. The molecule has 1 fully saturated rings. The summed E-state index contributed by atoms with van der Waals surface area (Å²) in [6.45, 7) is 17.1. The van der Waals surface area contributed by atoms with Crippen LogP contribution in [0.4, 0.5) is 11.5 Å². The average Bonchev–Trinajstić information content (AvgIpc) is 3.77. The van der Waals surface area contributed by atoms with Gasteiger partial charge < -0.3 is 21.1 Å². The van der Waals surface area contributed by atoms with Crippen LogP contribution in [0.1, 0.15) is 120 Å². The van der Waals surface area contributed by atoms with Gasteiger partial charge >= 0.3 is 0 Å². The molecule has 1 amide bonds. The van der Waals surface area contributed by atoms with Crippen molar-refractivity contribution in [3.63, 3.8) is 0 Å². The fourth-order valence-corrected chi connectivity index (χ4v) is 5.94. The van der Waals surface area contributed by atoms with E-state index in [4.69, 9.17) is 4.98 Å². The van der Waals surface area contributed by atoms with Crippen LogP contribution in [0.25, 0.3) is 0 Å². The minimum Gasteiger partial charge on any atom is -0.390 e. The minimum atomic E-state index is -0.739. The highest BCUT2D eigenvalue weighted by Gasteiger charge is 2.44. The number of hydrogen-bond donors (Lipinski definition) is 4. The van der Waals surface area contributed by atoms with Crippen LogP contribution in [0.15, 0.2) is 48.5 Å². The van der Waals surface area contributed by atoms with Gasteiger partial charge in [-0.1, -0.05) is 90.8 Å². The zero-order valence-corrected chi connectivity index (χ0v) is 28.8. The van der Waals surface area contributed by atoms with Crippen LogP contribution in [-0.4, -0.2) is 39.7 Å². The molecular weight excluding hydrogens is 558 g/mol. The number of carbonyl (C=O) groups excluding carboxylic acids is 1. The van der Waals surface area contributed by atoms with Crippen LogP contribution >= 0.6 is 0 Å². The third kappa shape index (κ3) is 9.60. The van der Waals surface area contributed by atoms with Gasteiger partial charge in [0, 0.05) is 42.4 Å². The predicted octanol–water partition coefficient (Wildman–Crippen LogP) is 7.37. The summed E-state index contributed by atoms with van der Waals surface area (Å²) in [5.41, 5.74) is 6.83. The SMILES string of the molecule is CCCCCc1cc(C[C@H](NC(C)=O)[C@H](O)CNC2(c3cccc(C(C)(C)C)c3)CC2)ccc1Nc1cc(C)nc(C(C)C)n1. The molecule has 0 unspecified atom stereocenters. The van der Waals surface area contributed by atoms with Crippen molar-refractivity contribution >= 4 is 17.4 Å². The molecule has 0 radical (unpaired) electrons. The second kappa shape index (κ2) is 14.9. The van der Waals surface area contributed by atoms with E-state index in [0.29, 0.717) is 13.0 Å². The van der Waals surface area contributed by atoms with Gasteiger partial charge in [0.1, 0.15) is 11.6 Å². The first kappa shape index (κ1) is 34.6. The molecule has 7 nitrogen and oxygen atoms in total. The summed E-state index contributed by atoms with van der Waals surface area (Å²) in [5.74, 6) is 1.74. The third-order valence-corrected chi connectivity index (χ3v) is 8.86. The molecule has 0 spiro atoms. The van der Waals surface area contributed by atoms with E-state index in [1.54, 1.807) is 0 Å². The lowest BCUT2D eigenvalue weighted by atomic mass is 9.85. The van der Waals surface area contributed by atoms with Crippen molar-refractivity contribution in [2.75, 3.05) is 11.9 Å². The van der Waals surface area contributed by atoms with Crippen molar-refractivity contribution in [2.24, 2.45) is 0 Å². The zero-order chi connectivity index (χ0) is 32.8. The maximum absolute atomic E-state index is 12.3. The Kier molecular flexibility index (Phi) is 11.4. The maximum atomic E-state index is 12.3. The molecule has 2 atom stereocenters. The van der Waals surface area contributed by atoms with Crippen LogP contribution in [0.2, 0.25) is 0 Å². The number of amides is 1. The van der Waals surface area contributed by atoms with Gasteiger partial charge in [0.05, 0.1) is 12.1 Å². The second-order valence-corrected chi connectivity index (χ2v) is 14.4. The summed E-state index contributed by atoms with van der Waals surface area (Å²) >= 11 is 0. The molecule has 244 valence electrons. The molecule has 1 aliphatic rings. The van der Waals surface area contributed by atoms with E-state index in [1.807, 2.05) is 13.0 Å². The molecule has 1 aliphatic carbocycles. The van der Waals surface area contributed by atoms with Crippen LogP contribution < -0.4 is 16.0 Å². The van der Waals surface area contributed by atoms with Gasteiger partial charge in [0.15, 0.2) is 0 Å². The average molecular weight is 614 g/mol. The largest absolute Gasteiger partial charge is 0.390 e. The van der Waals surface area contributed by atoms with E-state index in [-0.39, 0.29) is 22.8 Å². The lowest BCUT2D eigenvalue weighted by molar-refractivity contribution is -0.120.